The van der Waals surface area contributed by atoms with Crippen LogP contribution in [0.3, 0.4) is 0 Å². The Labute approximate surface area is 106 Å². The summed E-state index contributed by atoms with van der Waals surface area (Å²) in [5.41, 5.74) is 0.631. The van der Waals surface area contributed by atoms with Gasteiger partial charge in [-0.2, -0.15) is 0 Å². The van der Waals surface area contributed by atoms with E-state index in [1.807, 2.05) is 0 Å². The average Bonchev–Trinajstić information content (AvgIpc) is 2.69. The number of benzene rings is 1. The molecule has 1 aromatic rings. The highest BCUT2D eigenvalue weighted by Gasteiger charge is 2.35. The molecule has 6 heteroatoms. The zero-order valence-electron chi connectivity index (χ0n) is 9.96. The second-order valence-electron chi connectivity index (χ2n) is 4.51. The van der Waals surface area contributed by atoms with Crippen LogP contribution in [0.1, 0.15) is 11.5 Å². The highest BCUT2D eigenvalue weighted by molar-refractivity contribution is 7.90. The lowest BCUT2D eigenvalue weighted by Gasteiger charge is -2.15. The summed E-state index contributed by atoms with van der Waals surface area (Å²) >= 11 is 0. The van der Waals surface area contributed by atoms with Crippen LogP contribution in [0.4, 0.5) is 0 Å². The smallest absolute Gasteiger partial charge is 0.227 e. The Hall–Kier alpha value is -1.40. The van der Waals surface area contributed by atoms with Crippen molar-refractivity contribution in [2.75, 3.05) is 19.4 Å². The van der Waals surface area contributed by atoms with E-state index in [-0.39, 0.29) is 23.3 Å². The van der Waals surface area contributed by atoms with Gasteiger partial charge in [-0.25, -0.2) is 8.42 Å². The van der Waals surface area contributed by atoms with Gasteiger partial charge in [-0.3, -0.25) is 4.79 Å². The van der Waals surface area contributed by atoms with Crippen molar-refractivity contribution >= 4 is 15.7 Å². The van der Waals surface area contributed by atoms with E-state index >= 15 is 0 Å². The Bertz CT molecular complexity index is 567. The van der Waals surface area contributed by atoms with E-state index in [0.717, 1.165) is 6.26 Å². The number of hydrogen-bond donors (Lipinski definition) is 2. The van der Waals surface area contributed by atoms with Crippen molar-refractivity contribution in [1.82, 2.24) is 5.32 Å². The van der Waals surface area contributed by atoms with Crippen LogP contribution in [0, 0.1) is 5.92 Å². The molecule has 1 aliphatic heterocycles. The largest absolute Gasteiger partial charge is 0.396 e. The van der Waals surface area contributed by atoms with Crippen LogP contribution in [0.2, 0.25) is 0 Å². The topological polar surface area (TPSA) is 83.5 Å². The second kappa shape index (κ2) is 4.70. The Morgan fingerprint density at radius 3 is 2.78 bits per heavy atom. The van der Waals surface area contributed by atoms with Crippen LogP contribution >= 0.6 is 0 Å². The maximum atomic E-state index is 11.7. The van der Waals surface area contributed by atoms with Gasteiger partial charge in [-0.15, -0.1) is 0 Å². The Morgan fingerprint density at radius 2 is 2.17 bits per heavy atom. The van der Waals surface area contributed by atoms with E-state index < -0.39 is 15.8 Å². The molecule has 1 aromatic carbocycles. The van der Waals surface area contributed by atoms with Crippen LogP contribution in [0.5, 0.6) is 0 Å². The molecular formula is C12H15NO4S. The third-order valence-electron chi connectivity index (χ3n) is 3.17. The van der Waals surface area contributed by atoms with Crippen LogP contribution in [-0.4, -0.2) is 38.8 Å². The predicted molar refractivity (Wildman–Crippen MR) is 65.9 cm³/mol. The molecule has 98 valence electrons. The molecule has 1 heterocycles. The third-order valence-corrected chi connectivity index (χ3v) is 4.28. The third kappa shape index (κ3) is 2.39. The summed E-state index contributed by atoms with van der Waals surface area (Å²) in [4.78, 5) is 11.9. The molecule has 0 aliphatic carbocycles. The van der Waals surface area contributed by atoms with E-state index in [1.54, 1.807) is 12.1 Å². The normalized spacial score (nSPS) is 24.0. The summed E-state index contributed by atoms with van der Waals surface area (Å²) in [5, 5.41) is 11.9. The first kappa shape index (κ1) is 13.0. The van der Waals surface area contributed by atoms with Crippen molar-refractivity contribution in [3.63, 3.8) is 0 Å². The molecule has 1 aliphatic rings. The number of hydrogen-bond acceptors (Lipinski definition) is 4. The van der Waals surface area contributed by atoms with Crippen molar-refractivity contribution in [1.29, 1.82) is 0 Å². The molecule has 1 saturated heterocycles. The van der Waals surface area contributed by atoms with Crippen LogP contribution < -0.4 is 5.32 Å². The highest BCUT2D eigenvalue weighted by atomic mass is 32.2. The van der Waals surface area contributed by atoms with E-state index in [0.29, 0.717) is 12.1 Å². The number of aliphatic hydroxyl groups is 1. The summed E-state index contributed by atoms with van der Waals surface area (Å²) in [6.07, 6.45) is 1.13. The molecule has 0 bridgehead atoms. The average molecular weight is 269 g/mol. The highest BCUT2D eigenvalue weighted by Crippen LogP contribution is 2.30. The Balaban J connectivity index is 2.42. The van der Waals surface area contributed by atoms with Gasteiger partial charge < -0.3 is 10.4 Å². The maximum Gasteiger partial charge on any atom is 0.227 e. The zero-order valence-corrected chi connectivity index (χ0v) is 10.8. The fraction of sp³-hybridized carbons (Fsp3) is 0.417. The number of rotatable bonds is 3. The molecule has 2 rings (SSSR count). The molecule has 1 fully saturated rings. The molecule has 2 N–H and O–H groups in total. The van der Waals surface area contributed by atoms with Crippen molar-refractivity contribution in [2.45, 2.75) is 10.8 Å². The summed E-state index contributed by atoms with van der Waals surface area (Å²) in [7, 11) is -3.29. The number of aliphatic hydroxyl groups excluding tert-OH is 1. The first-order chi connectivity index (χ1) is 8.43. The lowest BCUT2D eigenvalue weighted by Crippen LogP contribution is -2.19. The van der Waals surface area contributed by atoms with Gasteiger partial charge in [0.2, 0.25) is 5.91 Å². The van der Waals surface area contributed by atoms with Crippen molar-refractivity contribution in [2.24, 2.45) is 5.92 Å². The lowest BCUT2D eigenvalue weighted by molar-refractivity contribution is -0.120. The van der Waals surface area contributed by atoms with Gasteiger partial charge in [0.15, 0.2) is 9.84 Å². The van der Waals surface area contributed by atoms with Crippen LogP contribution in [0.25, 0.3) is 0 Å². The van der Waals surface area contributed by atoms with Crippen molar-refractivity contribution < 1.29 is 18.3 Å². The molecule has 0 aromatic heterocycles. The number of sulfone groups is 1. The first-order valence-corrected chi connectivity index (χ1v) is 7.51. The monoisotopic (exact) mass is 269 g/mol. The van der Waals surface area contributed by atoms with Crippen molar-refractivity contribution in [3.05, 3.63) is 29.8 Å². The van der Waals surface area contributed by atoms with Gasteiger partial charge in [0, 0.05) is 25.3 Å². The molecule has 0 radical (unpaired) electrons. The molecule has 2 unspecified atom stereocenters. The van der Waals surface area contributed by atoms with Gasteiger partial charge in [-0.1, -0.05) is 12.1 Å². The summed E-state index contributed by atoms with van der Waals surface area (Å²) in [6, 6.07) is 6.34. The van der Waals surface area contributed by atoms with Gasteiger partial charge in [-0.05, 0) is 17.7 Å². The van der Waals surface area contributed by atoms with E-state index in [9.17, 15) is 18.3 Å². The summed E-state index contributed by atoms with van der Waals surface area (Å²) < 4.78 is 23.0. The van der Waals surface area contributed by atoms with Gasteiger partial charge in [0.05, 0.1) is 10.8 Å². The van der Waals surface area contributed by atoms with E-state index in [4.69, 9.17) is 0 Å². The Kier molecular flexibility index (Phi) is 3.41. The molecule has 1 amide bonds. The van der Waals surface area contributed by atoms with Crippen LogP contribution in [0.15, 0.2) is 29.2 Å². The number of carbonyl (C=O) groups is 1. The van der Waals surface area contributed by atoms with Crippen LogP contribution in [-0.2, 0) is 14.6 Å². The maximum absolute atomic E-state index is 11.7. The lowest BCUT2D eigenvalue weighted by atomic mass is 9.89. The molecule has 0 saturated carbocycles. The van der Waals surface area contributed by atoms with Gasteiger partial charge in [0.25, 0.3) is 0 Å². The van der Waals surface area contributed by atoms with Gasteiger partial charge >= 0.3 is 0 Å². The number of amides is 1. The standard InChI is InChI=1S/C12H15NO4S/c1-18(16,17)10-4-2-3-8(5-10)11-9(7-14)6-13-12(11)15/h2-5,9,11,14H,6-7H2,1H3,(H,13,15). The minimum absolute atomic E-state index is 0.105. The first-order valence-electron chi connectivity index (χ1n) is 5.62. The van der Waals surface area contributed by atoms with Gasteiger partial charge in [0.1, 0.15) is 0 Å². The van der Waals surface area contributed by atoms with E-state index in [2.05, 4.69) is 5.32 Å². The number of nitrogens with one attached hydrogen (secondary N) is 1. The second-order valence-corrected chi connectivity index (χ2v) is 6.53. The zero-order chi connectivity index (χ0) is 13.3. The number of carbonyl (C=O) groups excluding carboxylic acids is 1. The fourth-order valence-electron chi connectivity index (χ4n) is 2.21. The molecule has 0 spiro atoms. The SMILES string of the molecule is CS(=O)(=O)c1cccc(C2C(=O)NCC2CO)c1. The summed E-state index contributed by atoms with van der Waals surface area (Å²) in [6.45, 7) is 0.315. The molecule has 18 heavy (non-hydrogen) atoms. The molecular weight excluding hydrogens is 254 g/mol. The van der Waals surface area contributed by atoms with Crippen molar-refractivity contribution in [3.8, 4) is 0 Å². The molecule has 2 atom stereocenters. The Morgan fingerprint density at radius 1 is 1.44 bits per heavy atom. The minimum Gasteiger partial charge on any atom is -0.396 e. The summed E-state index contributed by atoms with van der Waals surface area (Å²) in [5.74, 6) is -0.844. The molecule has 5 nitrogen and oxygen atoms in total. The minimum atomic E-state index is -3.29. The van der Waals surface area contributed by atoms with E-state index in [1.165, 1.54) is 12.1 Å². The fourth-order valence-corrected chi connectivity index (χ4v) is 2.88. The quantitative estimate of drug-likeness (QED) is 0.803. The predicted octanol–water partition coefficient (Wildman–Crippen LogP) is -0.0880.